The Morgan fingerprint density at radius 1 is 1.21 bits per heavy atom. The molecule has 28 heavy (non-hydrogen) atoms. The lowest BCUT2D eigenvalue weighted by molar-refractivity contribution is -0.130. The number of benzene rings is 1. The van der Waals surface area contributed by atoms with Crippen molar-refractivity contribution in [2.45, 2.75) is 56.4 Å². The predicted molar refractivity (Wildman–Crippen MR) is 107 cm³/mol. The highest BCUT2D eigenvalue weighted by atomic mass is 32.2. The van der Waals surface area contributed by atoms with Crippen LogP contribution in [-0.4, -0.2) is 49.4 Å². The Morgan fingerprint density at radius 3 is 2.54 bits per heavy atom. The maximum Gasteiger partial charge on any atom is 0.253 e. The zero-order chi connectivity index (χ0) is 20.7. The van der Waals surface area contributed by atoms with Crippen molar-refractivity contribution < 1.29 is 23.1 Å². The van der Waals surface area contributed by atoms with Crippen LogP contribution in [0.1, 0.15) is 50.7 Å². The van der Waals surface area contributed by atoms with Gasteiger partial charge in [0.1, 0.15) is 0 Å². The van der Waals surface area contributed by atoms with Gasteiger partial charge in [-0.15, -0.1) is 0 Å². The van der Waals surface area contributed by atoms with E-state index in [9.17, 15) is 23.1 Å². The van der Waals surface area contributed by atoms with E-state index >= 15 is 0 Å². The number of hydrogen-bond donors (Lipinski definition) is 3. The van der Waals surface area contributed by atoms with Crippen molar-refractivity contribution in [3.8, 4) is 0 Å². The van der Waals surface area contributed by atoms with Crippen LogP contribution in [0.3, 0.4) is 0 Å². The van der Waals surface area contributed by atoms with Crippen molar-refractivity contribution in [3.05, 3.63) is 35.9 Å². The first kappa shape index (κ1) is 22.4. The standard InChI is InChI=1S/C20H30N2O5S/c1-14(22-20(25)18(23)15-9-4-3-5-10-15)8-7-13-21-19(24)16-11-6-12-17(16)28(2,26)27/h3-5,9-10,14,16-18,23H,6-8,11-13H2,1-2H3,(H,21,24)(H,22,25)/t14?,16?,17?,18-/m1/s1. The highest BCUT2D eigenvalue weighted by Gasteiger charge is 2.39. The number of aliphatic hydroxyl groups excluding tert-OH is 1. The average molecular weight is 411 g/mol. The average Bonchev–Trinajstić information content (AvgIpc) is 3.15. The van der Waals surface area contributed by atoms with Gasteiger partial charge in [-0.2, -0.15) is 0 Å². The second-order valence-electron chi connectivity index (χ2n) is 7.56. The molecule has 156 valence electrons. The highest BCUT2D eigenvalue weighted by molar-refractivity contribution is 7.91. The van der Waals surface area contributed by atoms with Gasteiger partial charge in [-0.3, -0.25) is 9.59 Å². The lowest BCUT2D eigenvalue weighted by Crippen LogP contribution is -2.39. The Morgan fingerprint density at radius 2 is 1.89 bits per heavy atom. The summed E-state index contributed by atoms with van der Waals surface area (Å²) in [7, 11) is -3.22. The molecule has 1 aliphatic rings. The first-order chi connectivity index (χ1) is 13.2. The number of amides is 2. The minimum atomic E-state index is -3.22. The van der Waals surface area contributed by atoms with Crippen molar-refractivity contribution in [3.63, 3.8) is 0 Å². The SMILES string of the molecule is CC(CCCNC(=O)C1CCCC1S(C)(=O)=O)NC(=O)[C@H](O)c1ccccc1. The topological polar surface area (TPSA) is 113 Å². The fourth-order valence-electron chi connectivity index (χ4n) is 3.67. The van der Waals surface area contributed by atoms with Crippen molar-refractivity contribution in [1.82, 2.24) is 10.6 Å². The fourth-order valence-corrected chi connectivity index (χ4v) is 5.12. The molecule has 2 rings (SSSR count). The van der Waals surface area contributed by atoms with E-state index in [-0.39, 0.29) is 11.9 Å². The molecule has 1 saturated carbocycles. The number of nitrogens with one attached hydrogen (secondary N) is 2. The number of rotatable bonds is 9. The molecular weight excluding hydrogens is 380 g/mol. The summed E-state index contributed by atoms with van der Waals surface area (Å²) in [5, 5.41) is 15.1. The second-order valence-corrected chi connectivity index (χ2v) is 9.83. The summed E-state index contributed by atoms with van der Waals surface area (Å²) >= 11 is 0. The molecule has 3 unspecified atom stereocenters. The summed E-state index contributed by atoms with van der Waals surface area (Å²) in [6.07, 6.45) is 3.16. The molecule has 0 heterocycles. The summed E-state index contributed by atoms with van der Waals surface area (Å²) in [6.45, 7) is 2.27. The van der Waals surface area contributed by atoms with E-state index < -0.39 is 33.0 Å². The van der Waals surface area contributed by atoms with Gasteiger partial charge in [-0.1, -0.05) is 36.8 Å². The lowest BCUT2D eigenvalue weighted by atomic mass is 10.1. The fraction of sp³-hybridized carbons (Fsp3) is 0.600. The summed E-state index contributed by atoms with van der Waals surface area (Å²) in [4.78, 5) is 24.4. The van der Waals surface area contributed by atoms with Crippen LogP contribution >= 0.6 is 0 Å². The zero-order valence-corrected chi connectivity index (χ0v) is 17.2. The molecule has 0 spiro atoms. The van der Waals surface area contributed by atoms with Crippen molar-refractivity contribution >= 4 is 21.7 Å². The molecule has 1 aromatic rings. The predicted octanol–water partition coefficient (Wildman–Crippen LogP) is 1.33. The second kappa shape index (κ2) is 10.0. The van der Waals surface area contributed by atoms with Crippen LogP contribution in [0.2, 0.25) is 0 Å². The van der Waals surface area contributed by atoms with E-state index in [0.29, 0.717) is 37.8 Å². The Bertz CT molecular complexity index is 766. The first-order valence-corrected chi connectivity index (χ1v) is 11.7. The third-order valence-corrected chi connectivity index (χ3v) is 6.87. The summed E-state index contributed by atoms with van der Waals surface area (Å²) in [5.74, 6) is -1.12. The third kappa shape index (κ3) is 6.31. The number of carbonyl (C=O) groups excluding carboxylic acids is 2. The molecule has 8 heteroatoms. The molecule has 4 atom stereocenters. The van der Waals surface area contributed by atoms with Gasteiger partial charge in [0.05, 0.1) is 11.2 Å². The Hall–Kier alpha value is -1.93. The molecule has 1 aromatic carbocycles. The van der Waals surface area contributed by atoms with Crippen molar-refractivity contribution in [1.29, 1.82) is 0 Å². The molecule has 0 aromatic heterocycles. The molecule has 0 aliphatic heterocycles. The Kier molecular flexibility index (Phi) is 8.00. The molecule has 3 N–H and O–H groups in total. The van der Waals surface area contributed by atoms with Crippen LogP contribution in [0.15, 0.2) is 30.3 Å². The summed E-state index contributed by atoms with van der Waals surface area (Å²) < 4.78 is 23.6. The van der Waals surface area contributed by atoms with E-state index in [2.05, 4.69) is 10.6 Å². The summed E-state index contributed by atoms with van der Waals surface area (Å²) in [5.41, 5.74) is 0.538. The van der Waals surface area contributed by atoms with E-state index in [0.717, 1.165) is 6.42 Å². The number of hydrogen-bond acceptors (Lipinski definition) is 5. The molecule has 0 bridgehead atoms. The van der Waals surface area contributed by atoms with Gasteiger partial charge in [0.15, 0.2) is 15.9 Å². The van der Waals surface area contributed by atoms with E-state index in [4.69, 9.17) is 0 Å². The zero-order valence-electron chi connectivity index (χ0n) is 16.4. The van der Waals surface area contributed by atoms with Gasteiger partial charge in [0, 0.05) is 18.8 Å². The maximum atomic E-state index is 12.3. The van der Waals surface area contributed by atoms with E-state index in [1.807, 2.05) is 13.0 Å². The van der Waals surface area contributed by atoms with Crippen LogP contribution in [0.25, 0.3) is 0 Å². The van der Waals surface area contributed by atoms with Gasteiger partial charge in [-0.25, -0.2) is 8.42 Å². The smallest absolute Gasteiger partial charge is 0.253 e. The molecule has 2 amide bonds. The highest BCUT2D eigenvalue weighted by Crippen LogP contribution is 2.30. The van der Waals surface area contributed by atoms with E-state index in [1.54, 1.807) is 24.3 Å². The molecular formula is C20H30N2O5S. The van der Waals surface area contributed by atoms with Crippen LogP contribution < -0.4 is 10.6 Å². The van der Waals surface area contributed by atoms with Gasteiger partial charge in [0.2, 0.25) is 5.91 Å². The Labute approximate surface area is 166 Å². The van der Waals surface area contributed by atoms with Gasteiger partial charge >= 0.3 is 0 Å². The Balaban J connectivity index is 1.70. The maximum absolute atomic E-state index is 12.3. The molecule has 1 fully saturated rings. The quantitative estimate of drug-likeness (QED) is 0.532. The van der Waals surface area contributed by atoms with Gasteiger partial charge in [-0.05, 0) is 38.2 Å². The first-order valence-electron chi connectivity index (χ1n) is 9.70. The normalized spacial score (nSPS) is 21.7. The number of sulfone groups is 1. The largest absolute Gasteiger partial charge is 0.378 e. The minimum absolute atomic E-state index is 0.155. The van der Waals surface area contributed by atoms with Gasteiger partial charge in [0.25, 0.3) is 5.91 Å². The number of carbonyl (C=O) groups is 2. The molecule has 7 nitrogen and oxygen atoms in total. The lowest BCUT2D eigenvalue weighted by Gasteiger charge is -2.19. The minimum Gasteiger partial charge on any atom is -0.378 e. The van der Waals surface area contributed by atoms with Crippen LogP contribution in [0.5, 0.6) is 0 Å². The van der Waals surface area contributed by atoms with Crippen molar-refractivity contribution in [2.24, 2.45) is 5.92 Å². The van der Waals surface area contributed by atoms with Crippen molar-refractivity contribution in [2.75, 3.05) is 12.8 Å². The van der Waals surface area contributed by atoms with Crippen LogP contribution in [0.4, 0.5) is 0 Å². The molecule has 0 saturated heterocycles. The number of aliphatic hydroxyl groups is 1. The monoisotopic (exact) mass is 410 g/mol. The van der Waals surface area contributed by atoms with Crippen LogP contribution in [-0.2, 0) is 19.4 Å². The third-order valence-electron chi connectivity index (χ3n) is 5.20. The van der Waals surface area contributed by atoms with Gasteiger partial charge < -0.3 is 15.7 Å². The van der Waals surface area contributed by atoms with Crippen LogP contribution in [0, 0.1) is 5.92 Å². The molecule has 1 aliphatic carbocycles. The summed E-state index contributed by atoms with van der Waals surface area (Å²) in [6, 6.07) is 8.56. The molecule has 0 radical (unpaired) electrons. The van der Waals surface area contributed by atoms with E-state index in [1.165, 1.54) is 6.26 Å².